The number of anilines is 1. The number of aryl methyl sites for hydroxylation is 3. The van der Waals surface area contributed by atoms with E-state index in [2.05, 4.69) is 27.8 Å². The summed E-state index contributed by atoms with van der Waals surface area (Å²) in [5, 5.41) is 15.0. The summed E-state index contributed by atoms with van der Waals surface area (Å²) in [7, 11) is 0. The van der Waals surface area contributed by atoms with Gasteiger partial charge >= 0.3 is 0 Å². The van der Waals surface area contributed by atoms with Crippen molar-refractivity contribution >= 4 is 17.2 Å². The first-order valence-electron chi connectivity index (χ1n) is 6.90. The molecule has 1 atom stereocenters. The molecule has 102 valence electrons. The maximum Gasteiger partial charge on any atom is 0.144 e. The minimum absolute atomic E-state index is 0.283. The monoisotopic (exact) mass is 283 g/mol. The summed E-state index contributed by atoms with van der Waals surface area (Å²) in [6, 6.07) is 6.72. The molecule has 0 saturated heterocycles. The molecule has 0 amide bonds. The zero-order valence-electron chi connectivity index (χ0n) is 11.7. The van der Waals surface area contributed by atoms with Crippen molar-refractivity contribution in [3.05, 3.63) is 44.8 Å². The molecule has 0 aromatic carbocycles. The lowest BCUT2D eigenvalue weighted by Gasteiger charge is -2.25. The van der Waals surface area contributed by atoms with Crippen LogP contribution in [0.15, 0.2) is 17.5 Å². The predicted molar refractivity (Wildman–Crippen MR) is 82.0 cm³/mol. The Morgan fingerprint density at radius 3 is 3.10 bits per heavy atom. The van der Waals surface area contributed by atoms with Crippen LogP contribution in [0.3, 0.4) is 0 Å². The number of nitrogens with zero attached hydrogens (tertiary/aromatic N) is 2. The Morgan fingerprint density at radius 2 is 2.30 bits per heavy atom. The highest BCUT2D eigenvalue weighted by atomic mass is 32.1. The van der Waals surface area contributed by atoms with Gasteiger partial charge in [0.15, 0.2) is 0 Å². The van der Waals surface area contributed by atoms with Gasteiger partial charge in [-0.3, -0.25) is 0 Å². The molecule has 0 aliphatic heterocycles. The molecule has 3 rings (SSSR count). The number of hydrogen-bond acceptors (Lipinski definition) is 4. The highest BCUT2D eigenvalue weighted by Crippen LogP contribution is 2.36. The number of nitriles is 1. The van der Waals surface area contributed by atoms with E-state index in [1.54, 1.807) is 0 Å². The van der Waals surface area contributed by atoms with Gasteiger partial charge in [-0.1, -0.05) is 0 Å². The number of rotatable bonds is 2. The highest BCUT2D eigenvalue weighted by Gasteiger charge is 2.22. The first-order chi connectivity index (χ1) is 9.69. The summed E-state index contributed by atoms with van der Waals surface area (Å²) in [5.41, 5.74) is 3.98. The molecule has 1 aliphatic carbocycles. The van der Waals surface area contributed by atoms with Gasteiger partial charge < -0.3 is 5.32 Å². The fourth-order valence-corrected chi connectivity index (χ4v) is 3.87. The third-order valence-corrected chi connectivity index (χ3v) is 4.82. The minimum Gasteiger partial charge on any atom is -0.362 e. The molecule has 0 bridgehead atoms. The van der Waals surface area contributed by atoms with Gasteiger partial charge in [0.25, 0.3) is 0 Å². The van der Waals surface area contributed by atoms with E-state index >= 15 is 0 Å². The van der Waals surface area contributed by atoms with E-state index in [-0.39, 0.29) is 6.04 Å². The van der Waals surface area contributed by atoms with Crippen molar-refractivity contribution in [2.24, 2.45) is 0 Å². The summed E-state index contributed by atoms with van der Waals surface area (Å²) in [6.07, 6.45) is 3.47. The number of pyridine rings is 1. The van der Waals surface area contributed by atoms with Gasteiger partial charge in [-0.25, -0.2) is 4.98 Å². The van der Waals surface area contributed by atoms with Crippen LogP contribution in [-0.4, -0.2) is 4.98 Å². The Labute approximate surface area is 123 Å². The Hall–Kier alpha value is -1.86. The van der Waals surface area contributed by atoms with Crippen molar-refractivity contribution in [3.8, 4) is 6.07 Å². The van der Waals surface area contributed by atoms with Crippen molar-refractivity contribution < 1.29 is 0 Å². The second kappa shape index (κ2) is 5.26. The summed E-state index contributed by atoms with van der Waals surface area (Å²) < 4.78 is 0. The fraction of sp³-hybridized carbons (Fsp3) is 0.375. The highest BCUT2D eigenvalue weighted by molar-refractivity contribution is 7.10. The summed E-state index contributed by atoms with van der Waals surface area (Å²) >= 11 is 1.83. The second-order valence-electron chi connectivity index (χ2n) is 5.30. The molecule has 20 heavy (non-hydrogen) atoms. The zero-order valence-corrected chi connectivity index (χ0v) is 12.5. The molecule has 2 aromatic heterocycles. The van der Waals surface area contributed by atoms with E-state index in [0.29, 0.717) is 5.56 Å². The summed E-state index contributed by atoms with van der Waals surface area (Å²) in [5.74, 6) is 0.731. The first kappa shape index (κ1) is 13.1. The fourth-order valence-electron chi connectivity index (χ4n) is 2.88. The van der Waals surface area contributed by atoms with Crippen LogP contribution in [0.25, 0.3) is 0 Å². The Bertz CT molecular complexity index is 682. The smallest absolute Gasteiger partial charge is 0.144 e. The van der Waals surface area contributed by atoms with E-state index in [0.717, 1.165) is 23.5 Å². The molecular weight excluding hydrogens is 266 g/mol. The van der Waals surface area contributed by atoms with Crippen LogP contribution < -0.4 is 5.32 Å². The zero-order chi connectivity index (χ0) is 14.1. The van der Waals surface area contributed by atoms with Gasteiger partial charge in [0.05, 0.1) is 11.6 Å². The van der Waals surface area contributed by atoms with E-state index in [1.807, 2.05) is 31.3 Å². The molecule has 1 aliphatic rings. The number of thiophene rings is 1. The summed E-state index contributed by atoms with van der Waals surface area (Å²) in [4.78, 5) is 6.00. The topological polar surface area (TPSA) is 48.7 Å². The van der Waals surface area contributed by atoms with Gasteiger partial charge in [0.1, 0.15) is 11.9 Å². The van der Waals surface area contributed by atoms with Gasteiger partial charge in [-0.2, -0.15) is 5.26 Å². The molecule has 0 spiro atoms. The standard InChI is InChI=1S/C16H17N3S/c1-10-8-11(2)18-16(13(10)9-17)19-14-4-3-5-15-12(14)6-7-20-15/h6-8,14H,3-5H2,1-2H3,(H,18,19). The number of fused-ring (bicyclic) bond motifs is 1. The Balaban J connectivity index is 1.96. The maximum absolute atomic E-state index is 9.35. The molecule has 1 unspecified atom stereocenters. The molecule has 0 fully saturated rings. The van der Waals surface area contributed by atoms with Crippen LogP contribution in [0, 0.1) is 25.2 Å². The lowest BCUT2D eigenvalue weighted by Crippen LogP contribution is -2.17. The van der Waals surface area contributed by atoms with Crippen LogP contribution in [0.4, 0.5) is 5.82 Å². The predicted octanol–water partition coefficient (Wildman–Crippen LogP) is 4.12. The average molecular weight is 283 g/mol. The van der Waals surface area contributed by atoms with Crippen LogP contribution in [0.5, 0.6) is 0 Å². The lowest BCUT2D eigenvalue weighted by atomic mass is 9.94. The molecule has 2 aromatic rings. The van der Waals surface area contributed by atoms with E-state index < -0.39 is 0 Å². The maximum atomic E-state index is 9.35. The molecule has 1 N–H and O–H groups in total. The van der Waals surface area contributed by atoms with E-state index in [1.165, 1.54) is 23.3 Å². The molecule has 2 heterocycles. The first-order valence-corrected chi connectivity index (χ1v) is 7.78. The largest absolute Gasteiger partial charge is 0.362 e. The van der Waals surface area contributed by atoms with Crippen molar-refractivity contribution in [2.45, 2.75) is 39.2 Å². The third kappa shape index (κ3) is 2.30. The van der Waals surface area contributed by atoms with Crippen LogP contribution in [-0.2, 0) is 6.42 Å². The van der Waals surface area contributed by atoms with Crippen LogP contribution >= 0.6 is 11.3 Å². The van der Waals surface area contributed by atoms with Crippen molar-refractivity contribution in [3.63, 3.8) is 0 Å². The third-order valence-electron chi connectivity index (χ3n) is 3.82. The van der Waals surface area contributed by atoms with Crippen molar-refractivity contribution in [2.75, 3.05) is 5.32 Å². The quantitative estimate of drug-likeness (QED) is 0.902. The Kier molecular flexibility index (Phi) is 3.45. The van der Waals surface area contributed by atoms with Gasteiger partial charge in [0.2, 0.25) is 0 Å². The number of nitrogens with one attached hydrogen (secondary N) is 1. The normalized spacial score (nSPS) is 17.4. The SMILES string of the molecule is Cc1cc(C)c(C#N)c(NC2CCCc3sccc32)n1. The van der Waals surface area contributed by atoms with Gasteiger partial charge in [0, 0.05) is 10.6 Å². The molecular formula is C16H17N3S. The molecule has 4 heteroatoms. The molecule has 0 radical (unpaired) electrons. The van der Waals surface area contributed by atoms with Gasteiger partial charge in [-0.15, -0.1) is 11.3 Å². The number of hydrogen-bond donors (Lipinski definition) is 1. The molecule has 3 nitrogen and oxygen atoms in total. The van der Waals surface area contributed by atoms with E-state index in [4.69, 9.17) is 0 Å². The van der Waals surface area contributed by atoms with Crippen LogP contribution in [0.1, 0.15) is 46.1 Å². The average Bonchev–Trinajstić information content (AvgIpc) is 2.87. The number of aromatic nitrogens is 1. The van der Waals surface area contributed by atoms with Crippen molar-refractivity contribution in [1.29, 1.82) is 5.26 Å². The Morgan fingerprint density at radius 1 is 1.45 bits per heavy atom. The lowest BCUT2D eigenvalue weighted by molar-refractivity contribution is 0.606. The second-order valence-corrected chi connectivity index (χ2v) is 6.30. The minimum atomic E-state index is 0.283. The van der Waals surface area contributed by atoms with Crippen molar-refractivity contribution in [1.82, 2.24) is 4.98 Å². The molecule has 0 saturated carbocycles. The van der Waals surface area contributed by atoms with Gasteiger partial charge in [-0.05, 0) is 61.7 Å². The summed E-state index contributed by atoms with van der Waals surface area (Å²) in [6.45, 7) is 3.94. The van der Waals surface area contributed by atoms with Crippen LogP contribution in [0.2, 0.25) is 0 Å². The van der Waals surface area contributed by atoms with E-state index in [9.17, 15) is 5.26 Å².